The van der Waals surface area contributed by atoms with Crippen molar-refractivity contribution in [2.75, 3.05) is 67.1 Å². The molecule has 6 nitrogen and oxygen atoms in total. The fourth-order valence-electron chi connectivity index (χ4n) is 4.71. The third-order valence-electron chi connectivity index (χ3n) is 6.25. The third kappa shape index (κ3) is 4.22. The number of likely N-dealkylation sites (tertiary alicyclic amines) is 1. The zero-order chi connectivity index (χ0) is 18.9. The molecule has 7 heteroatoms. The standard InChI is InChI=1S/C20H28N4O2S/c21-7-1-2-8-22-13-17-15-24(16-18(17)14-22)20-5-3-19(4-6-20)23-9-11-27(25,26)12-10-23/h3-6,17-18H,1-2,8-16H2. The second-order valence-electron chi connectivity index (χ2n) is 8.10. The molecule has 0 aromatic heterocycles. The molecule has 0 N–H and O–H groups in total. The van der Waals surface area contributed by atoms with Crippen LogP contribution in [0.15, 0.2) is 24.3 Å². The molecule has 3 fully saturated rings. The first-order valence-corrected chi connectivity index (χ1v) is 11.8. The summed E-state index contributed by atoms with van der Waals surface area (Å²) in [4.78, 5) is 7.19. The van der Waals surface area contributed by atoms with Gasteiger partial charge in [0.05, 0.1) is 17.6 Å². The maximum Gasteiger partial charge on any atom is 0.153 e. The Morgan fingerprint density at radius 1 is 0.926 bits per heavy atom. The van der Waals surface area contributed by atoms with Crippen LogP contribution in [0, 0.1) is 23.2 Å². The molecule has 3 aliphatic heterocycles. The van der Waals surface area contributed by atoms with Gasteiger partial charge in [0.2, 0.25) is 0 Å². The van der Waals surface area contributed by atoms with Crippen molar-refractivity contribution in [1.82, 2.24) is 4.90 Å². The molecule has 3 saturated heterocycles. The second-order valence-corrected chi connectivity index (χ2v) is 10.4. The number of rotatable bonds is 5. The Balaban J connectivity index is 1.31. The predicted molar refractivity (Wildman–Crippen MR) is 108 cm³/mol. The maximum atomic E-state index is 11.6. The molecule has 0 saturated carbocycles. The molecule has 3 aliphatic rings. The average Bonchev–Trinajstić information content (AvgIpc) is 3.21. The Morgan fingerprint density at radius 3 is 2.04 bits per heavy atom. The molecule has 2 atom stereocenters. The Morgan fingerprint density at radius 2 is 1.48 bits per heavy atom. The lowest BCUT2D eigenvalue weighted by Gasteiger charge is -2.29. The fourth-order valence-corrected chi connectivity index (χ4v) is 5.91. The van der Waals surface area contributed by atoms with Gasteiger partial charge in [0.1, 0.15) is 0 Å². The molecule has 1 aromatic rings. The Labute approximate surface area is 162 Å². The lowest BCUT2D eigenvalue weighted by molar-refractivity contribution is 0.313. The van der Waals surface area contributed by atoms with Gasteiger partial charge in [-0.1, -0.05) is 0 Å². The highest BCUT2D eigenvalue weighted by Crippen LogP contribution is 2.34. The topological polar surface area (TPSA) is 67.7 Å². The van der Waals surface area contributed by atoms with Gasteiger partial charge in [-0.3, -0.25) is 0 Å². The highest BCUT2D eigenvalue weighted by Gasteiger charge is 2.39. The number of nitriles is 1. The SMILES string of the molecule is N#CCCCN1CC2CN(c3ccc(N4CCS(=O)(=O)CC4)cc3)CC2C1. The van der Waals surface area contributed by atoms with E-state index in [2.05, 4.69) is 45.0 Å². The molecule has 0 bridgehead atoms. The van der Waals surface area contributed by atoms with E-state index in [9.17, 15) is 8.42 Å². The van der Waals surface area contributed by atoms with Gasteiger partial charge in [-0.2, -0.15) is 5.26 Å². The summed E-state index contributed by atoms with van der Waals surface area (Å²) in [6.45, 7) is 6.79. The maximum absolute atomic E-state index is 11.6. The molecule has 0 spiro atoms. The molecule has 4 rings (SSSR count). The van der Waals surface area contributed by atoms with Gasteiger partial charge in [-0.05, 0) is 49.1 Å². The highest BCUT2D eigenvalue weighted by molar-refractivity contribution is 7.91. The van der Waals surface area contributed by atoms with E-state index < -0.39 is 9.84 Å². The summed E-state index contributed by atoms with van der Waals surface area (Å²) in [5, 5.41) is 8.68. The van der Waals surface area contributed by atoms with E-state index in [1.807, 2.05) is 0 Å². The van der Waals surface area contributed by atoms with Crippen molar-refractivity contribution in [3.63, 3.8) is 0 Å². The van der Waals surface area contributed by atoms with E-state index in [0.717, 1.165) is 56.7 Å². The summed E-state index contributed by atoms with van der Waals surface area (Å²) in [5.41, 5.74) is 2.39. The Bertz CT molecular complexity index is 774. The number of sulfone groups is 1. The first-order valence-electron chi connectivity index (χ1n) is 9.94. The third-order valence-corrected chi connectivity index (χ3v) is 7.86. The van der Waals surface area contributed by atoms with Crippen LogP contribution in [0.25, 0.3) is 0 Å². The molecular weight excluding hydrogens is 360 g/mol. The largest absolute Gasteiger partial charge is 0.371 e. The molecule has 3 heterocycles. The minimum atomic E-state index is -2.84. The van der Waals surface area contributed by atoms with Crippen molar-refractivity contribution in [2.24, 2.45) is 11.8 Å². The fraction of sp³-hybridized carbons (Fsp3) is 0.650. The first kappa shape index (κ1) is 18.6. The summed E-state index contributed by atoms with van der Waals surface area (Å²) in [6, 6.07) is 10.9. The predicted octanol–water partition coefficient (Wildman–Crippen LogP) is 1.59. The van der Waals surface area contributed by atoms with Crippen molar-refractivity contribution in [1.29, 1.82) is 5.26 Å². The van der Waals surface area contributed by atoms with Crippen LogP contribution in [-0.2, 0) is 9.84 Å². The Hall–Kier alpha value is -1.78. The lowest BCUT2D eigenvalue weighted by atomic mass is 10.0. The number of anilines is 2. The number of fused-ring (bicyclic) bond motifs is 1. The number of hydrogen-bond acceptors (Lipinski definition) is 6. The zero-order valence-electron chi connectivity index (χ0n) is 15.8. The minimum absolute atomic E-state index is 0.259. The molecule has 0 aliphatic carbocycles. The van der Waals surface area contributed by atoms with Crippen LogP contribution in [0.1, 0.15) is 12.8 Å². The van der Waals surface area contributed by atoms with E-state index in [1.54, 1.807) is 0 Å². The van der Waals surface area contributed by atoms with E-state index in [1.165, 1.54) is 5.69 Å². The zero-order valence-corrected chi connectivity index (χ0v) is 16.6. The van der Waals surface area contributed by atoms with E-state index in [4.69, 9.17) is 5.26 Å². The minimum Gasteiger partial charge on any atom is -0.371 e. The van der Waals surface area contributed by atoms with Gasteiger partial charge in [-0.15, -0.1) is 0 Å². The van der Waals surface area contributed by atoms with Crippen molar-refractivity contribution >= 4 is 21.2 Å². The van der Waals surface area contributed by atoms with Gasteiger partial charge in [0.15, 0.2) is 9.84 Å². The molecule has 0 amide bonds. The van der Waals surface area contributed by atoms with Crippen molar-refractivity contribution in [3.05, 3.63) is 24.3 Å². The Kier molecular flexibility index (Phi) is 5.29. The average molecular weight is 389 g/mol. The van der Waals surface area contributed by atoms with Crippen molar-refractivity contribution < 1.29 is 8.42 Å². The molecular formula is C20H28N4O2S. The number of benzene rings is 1. The number of hydrogen-bond donors (Lipinski definition) is 0. The van der Waals surface area contributed by atoms with Crippen molar-refractivity contribution in [3.8, 4) is 6.07 Å². The lowest BCUT2D eigenvalue weighted by Crippen LogP contribution is -2.40. The molecule has 2 unspecified atom stereocenters. The van der Waals surface area contributed by atoms with E-state index in [-0.39, 0.29) is 11.5 Å². The van der Waals surface area contributed by atoms with Crippen LogP contribution < -0.4 is 9.80 Å². The van der Waals surface area contributed by atoms with Gasteiger partial charge in [-0.25, -0.2) is 8.42 Å². The van der Waals surface area contributed by atoms with Crippen LogP contribution in [0.2, 0.25) is 0 Å². The van der Waals surface area contributed by atoms with Crippen LogP contribution >= 0.6 is 0 Å². The van der Waals surface area contributed by atoms with Crippen LogP contribution in [-0.4, -0.2) is 70.6 Å². The number of nitrogens with zero attached hydrogens (tertiary/aromatic N) is 4. The summed E-state index contributed by atoms with van der Waals surface area (Å²) < 4.78 is 23.2. The van der Waals surface area contributed by atoms with Gasteiger partial charge < -0.3 is 14.7 Å². The summed E-state index contributed by atoms with van der Waals surface area (Å²) in [5.74, 6) is 1.99. The summed E-state index contributed by atoms with van der Waals surface area (Å²) >= 11 is 0. The monoisotopic (exact) mass is 388 g/mol. The smallest absolute Gasteiger partial charge is 0.153 e. The first-order chi connectivity index (χ1) is 13.0. The summed E-state index contributed by atoms with van der Waals surface area (Å²) in [7, 11) is -2.84. The molecule has 27 heavy (non-hydrogen) atoms. The molecule has 1 aromatic carbocycles. The highest BCUT2D eigenvalue weighted by atomic mass is 32.2. The van der Waals surface area contributed by atoms with Gasteiger partial charge in [0, 0.05) is 57.1 Å². The molecule has 146 valence electrons. The van der Waals surface area contributed by atoms with Crippen LogP contribution in [0.5, 0.6) is 0 Å². The quantitative estimate of drug-likeness (QED) is 0.714. The number of unbranched alkanes of at least 4 members (excludes halogenated alkanes) is 1. The normalized spacial score (nSPS) is 27.5. The van der Waals surface area contributed by atoms with Crippen molar-refractivity contribution in [2.45, 2.75) is 12.8 Å². The molecule has 0 radical (unpaired) electrons. The van der Waals surface area contributed by atoms with E-state index in [0.29, 0.717) is 19.5 Å². The van der Waals surface area contributed by atoms with Gasteiger partial charge >= 0.3 is 0 Å². The van der Waals surface area contributed by atoms with Crippen LogP contribution in [0.3, 0.4) is 0 Å². The summed E-state index contributed by atoms with van der Waals surface area (Å²) in [6.07, 6.45) is 1.65. The van der Waals surface area contributed by atoms with E-state index >= 15 is 0 Å². The second kappa shape index (κ2) is 7.69. The van der Waals surface area contributed by atoms with Crippen LogP contribution in [0.4, 0.5) is 11.4 Å². The van der Waals surface area contributed by atoms with Gasteiger partial charge in [0.25, 0.3) is 0 Å².